The van der Waals surface area contributed by atoms with Gasteiger partial charge >= 0.3 is 12.1 Å². The van der Waals surface area contributed by atoms with Crippen LogP contribution < -0.4 is 0 Å². The van der Waals surface area contributed by atoms with Gasteiger partial charge in [-0.3, -0.25) is 4.79 Å². The molecule has 3 saturated carbocycles. The summed E-state index contributed by atoms with van der Waals surface area (Å²) in [6.45, 7) is -1.40. The molecule has 3 fully saturated rings. The van der Waals surface area contributed by atoms with Crippen LogP contribution in [0, 0.1) is 29.6 Å². The first-order valence-corrected chi connectivity index (χ1v) is 11.1. The van der Waals surface area contributed by atoms with Crippen molar-refractivity contribution in [3.8, 4) is 11.8 Å². The number of ether oxygens (including phenoxy) is 1. The average molecular weight is 444 g/mol. The minimum absolute atomic E-state index is 0.0982. The molecule has 174 valence electrons. The number of aliphatic carboxylic acids is 1. The molecule has 5 nitrogen and oxygen atoms in total. The first-order valence-electron chi connectivity index (χ1n) is 11.1. The lowest BCUT2D eigenvalue weighted by atomic mass is 9.53. The number of aliphatic hydroxyl groups is 2. The van der Waals surface area contributed by atoms with Crippen molar-refractivity contribution < 1.29 is 38.0 Å². The maximum atomic E-state index is 12.9. The third-order valence-corrected chi connectivity index (χ3v) is 6.98. The molecule has 0 aromatic heterocycles. The zero-order valence-electron chi connectivity index (χ0n) is 17.5. The fourth-order valence-corrected chi connectivity index (χ4v) is 5.31. The topological polar surface area (TPSA) is 87.0 Å². The number of halogens is 3. The van der Waals surface area contributed by atoms with Gasteiger partial charge in [0.2, 0.25) is 0 Å². The average Bonchev–Trinajstić information content (AvgIpc) is 2.70. The monoisotopic (exact) mass is 444 g/mol. The van der Waals surface area contributed by atoms with Crippen LogP contribution in [0.15, 0.2) is 11.6 Å². The third kappa shape index (κ3) is 5.82. The SMILES string of the molecule is O=C(O)CC/C=C1\C[C@H]2[C@H](C#CC(O)C3CCCCC3)[C@@H](O)CC[C@@]12OCC(F)(F)F. The maximum Gasteiger partial charge on any atom is 0.411 e. The van der Waals surface area contributed by atoms with E-state index in [1.807, 2.05) is 0 Å². The molecule has 0 saturated heterocycles. The highest BCUT2D eigenvalue weighted by Crippen LogP contribution is 2.57. The van der Waals surface area contributed by atoms with Crippen LogP contribution in [0.2, 0.25) is 0 Å². The summed E-state index contributed by atoms with van der Waals surface area (Å²) in [6, 6.07) is 0. The Balaban J connectivity index is 1.77. The van der Waals surface area contributed by atoms with E-state index >= 15 is 0 Å². The van der Waals surface area contributed by atoms with E-state index in [0.717, 1.165) is 32.1 Å². The lowest BCUT2D eigenvalue weighted by Gasteiger charge is -2.57. The Bertz CT molecular complexity index is 732. The van der Waals surface area contributed by atoms with Crippen LogP contribution in [0.25, 0.3) is 0 Å². The van der Waals surface area contributed by atoms with Gasteiger partial charge in [-0.05, 0) is 50.0 Å². The predicted molar refractivity (Wildman–Crippen MR) is 107 cm³/mol. The molecule has 0 heterocycles. The number of hydrogen-bond acceptors (Lipinski definition) is 4. The van der Waals surface area contributed by atoms with Gasteiger partial charge < -0.3 is 20.1 Å². The molecule has 3 aliphatic carbocycles. The molecule has 3 rings (SSSR count). The van der Waals surface area contributed by atoms with Gasteiger partial charge in [0.05, 0.1) is 17.6 Å². The lowest BCUT2D eigenvalue weighted by Crippen LogP contribution is -2.60. The van der Waals surface area contributed by atoms with E-state index in [4.69, 9.17) is 9.84 Å². The molecule has 0 aromatic carbocycles. The summed E-state index contributed by atoms with van der Waals surface area (Å²) in [5.41, 5.74) is -0.517. The molecule has 0 bridgehead atoms. The van der Waals surface area contributed by atoms with Crippen molar-refractivity contribution in [1.82, 2.24) is 0 Å². The Hall–Kier alpha value is -1.56. The van der Waals surface area contributed by atoms with E-state index in [0.29, 0.717) is 12.0 Å². The Morgan fingerprint density at radius 3 is 2.61 bits per heavy atom. The summed E-state index contributed by atoms with van der Waals surface area (Å²) < 4.78 is 44.2. The summed E-state index contributed by atoms with van der Waals surface area (Å²) in [5, 5.41) is 29.8. The van der Waals surface area contributed by atoms with E-state index in [1.54, 1.807) is 6.08 Å². The Morgan fingerprint density at radius 1 is 1.26 bits per heavy atom. The maximum absolute atomic E-state index is 12.9. The first-order chi connectivity index (χ1) is 14.6. The molecule has 31 heavy (non-hydrogen) atoms. The highest BCUT2D eigenvalue weighted by atomic mass is 19.4. The van der Waals surface area contributed by atoms with Gasteiger partial charge in [-0.1, -0.05) is 37.2 Å². The van der Waals surface area contributed by atoms with Crippen molar-refractivity contribution in [3.05, 3.63) is 11.6 Å². The van der Waals surface area contributed by atoms with E-state index in [1.165, 1.54) is 0 Å². The van der Waals surface area contributed by atoms with Crippen LogP contribution in [0.1, 0.15) is 64.2 Å². The minimum Gasteiger partial charge on any atom is -0.481 e. The molecule has 3 aliphatic rings. The molecule has 0 aromatic rings. The van der Waals surface area contributed by atoms with Gasteiger partial charge in [-0.2, -0.15) is 13.2 Å². The third-order valence-electron chi connectivity index (χ3n) is 6.98. The molecule has 0 spiro atoms. The summed E-state index contributed by atoms with van der Waals surface area (Å²) in [6.07, 6.45) is 1.64. The molecule has 1 unspecified atom stereocenters. The van der Waals surface area contributed by atoms with Crippen molar-refractivity contribution in [2.45, 2.75) is 88.2 Å². The van der Waals surface area contributed by atoms with Gasteiger partial charge in [0, 0.05) is 12.3 Å². The number of hydrogen-bond donors (Lipinski definition) is 3. The summed E-state index contributed by atoms with van der Waals surface area (Å²) in [4.78, 5) is 10.8. The van der Waals surface area contributed by atoms with Gasteiger partial charge in [0.1, 0.15) is 12.7 Å². The van der Waals surface area contributed by atoms with E-state index in [-0.39, 0.29) is 31.6 Å². The van der Waals surface area contributed by atoms with E-state index in [9.17, 15) is 28.2 Å². The van der Waals surface area contributed by atoms with Gasteiger partial charge in [-0.15, -0.1) is 0 Å². The summed E-state index contributed by atoms with van der Waals surface area (Å²) >= 11 is 0. The number of alkyl halides is 3. The van der Waals surface area contributed by atoms with Gasteiger partial charge in [0.15, 0.2) is 0 Å². The smallest absolute Gasteiger partial charge is 0.411 e. The number of fused-ring (bicyclic) bond motifs is 1. The van der Waals surface area contributed by atoms with Crippen LogP contribution >= 0.6 is 0 Å². The molecule has 0 radical (unpaired) electrons. The minimum atomic E-state index is -4.49. The zero-order chi connectivity index (χ0) is 22.6. The molecule has 0 amide bonds. The molecular weight excluding hydrogens is 413 g/mol. The Morgan fingerprint density at radius 2 is 1.97 bits per heavy atom. The molecular formula is C23H31F3O5. The van der Waals surface area contributed by atoms with Crippen molar-refractivity contribution >= 4 is 5.97 Å². The number of carboxylic acids is 1. The Labute approximate surface area is 180 Å². The number of carboxylic acid groups (broad SMARTS) is 1. The van der Waals surface area contributed by atoms with E-state index in [2.05, 4.69) is 11.8 Å². The molecule has 5 atom stereocenters. The first kappa shape index (κ1) is 24.1. The second kappa shape index (κ2) is 9.93. The van der Waals surface area contributed by atoms with Gasteiger partial charge in [0.25, 0.3) is 0 Å². The van der Waals surface area contributed by atoms with Crippen LogP contribution in [-0.2, 0) is 9.53 Å². The second-order valence-electron chi connectivity index (χ2n) is 9.03. The fraction of sp³-hybridized carbons (Fsp3) is 0.783. The van der Waals surface area contributed by atoms with Crippen LogP contribution in [-0.4, -0.2) is 51.9 Å². The molecule has 8 heteroatoms. The molecule has 3 N–H and O–H groups in total. The summed E-state index contributed by atoms with van der Waals surface area (Å²) in [5.74, 6) is 3.98. The second-order valence-corrected chi connectivity index (χ2v) is 9.03. The van der Waals surface area contributed by atoms with Crippen LogP contribution in [0.3, 0.4) is 0 Å². The zero-order valence-corrected chi connectivity index (χ0v) is 17.5. The fourth-order valence-electron chi connectivity index (χ4n) is 5.31. The number of allylic oxidation sites excluding steroid dienone is 1. The normalized spacial score (nSPS) is 33.7. The number of aliphatic hydroxyl groups excluding tert-OH is 2. The highest BCUT2D eigenvalue weighted by Gasteiger charge is 2.59. The summed E-state index contributed by atoms with van der Waals surface area (Å²) in [7, 11) is 0. The van der Waals surface area contributed by atoms with Crippen molar-refractivity contribution in [2.75, 3.05) is 6.61 Å². The largest absolute Gasteiger partial charge is 0.481 e. The van der Waals surface area contributed by atoms with Crippen molar-refractivity contribution in [1.29, 1.82) is 0 Å². The van der Waals surface area contributed by atoms with Crippen LogP contribution in [0.4, 0.5) is 13.2 Å². The van der Waals surface area contributed by atoms with Crippen molar-refractivity contribution in [2.24, 2.45) is 17.8 Å². The van der Waals surface area contributed by atoms with E-state index < -0.39 is 48.4 Å². The number of carbonyl (C=O) groups is 1. The van der Waals surface area contributed by atoms with Crippen LogP contribution in [0.5, 0.6) is 0 Å². The van der Waals surface area contributed by atoms with Crippen molar-refractivity contribution in [3.63, 3.8) is 0 Å². The predicted octanol–water partition coefficient (Wildman–Crippen LogP) is 3.83. The Kier molecular flexibility index (Phi) is 7.72. The molecule has 0 aliphatic heterocycles. The quantitative estimate of drug-likeness (QED) is 0.428. The standard InChI is InChI=1S/C23H31F3O5/c24-23(25,26)14-31-22-12-11-20(28)17(9-10-19(27)15-5-2-1-3-6-15)18(22)13-16(22)7-4-8-21(29)30/h7,15,17-20,27-28H,1-6,8,11-14H2,(H,29,30)/b16-7+/t17-,18-,19?,20-,22+/m0/s1. The lowest BCUT2D eigenvalue weighted by molar-refractivity contribution is -0.234. The number of rotatable bonds is 6. The van der Waals surface area contributed by atoms with Gasteiger partial charge in [-0.25, -0.2) is 0 Å². The highest BCUT2D eigenvalue weighted by molar-refractivity contribution is 5.66.